The number of ether oxygens (including phenoxy) is 1. The van der Waals surface area contributed by atoms with E-state index >= 15 is 0 Å². The zero-order valence-electron chi connectivity index (χ0n) is 10.1. The van der Waals surface area contributed by atoms with Gasteiger partial charge in [-0.25, -0.2) is 0 Å². The molecule has 0 unspecified atom stereocenters. The molecule has 17 heavy (non-hydrogen) atoms. The fraction of sp³-hybridized carbons (Fsp3) is 0.417. The molecule has 0 aliphatic heterocycles. The van der Waals surface area contributed by atoms with Crippen LogP contribution in [-0.4, -0.2) is 37.3 Å². The van der Waals surface area contributed by atoms with Crippen molar-refractivity contribution in [3.8, 4) is 0 Å². The van der Waals surface area contributed by atoms with Crippen LogP contribution >= 0.6 is 23.8 Å². The molecular formula is C12H17ClN2OS. The second-order valence-corrected chi connectivity index (χ2v) is 4.53. The number of halogens is 1. The van der Waals surface area contributed by atoms with E-state index in [1.165, 1.54) is 0 Å². The quantitative estimate of drug-likeness (QED) is 0.657. The summed E-state index contributed by atoms with van der Waals surface area (Å²) in [5.41, 5.74) is 1.14. The number of benzene rings is 1. The van der Waals surface area contributed by atoms with Crippen molar-refractivity contribution in [2.24, 2.45) is 0 Å². The second kappa shape index (κ2) is 7.48. The Kier molecular flexibility index (Phi) is 6.26. The molecule has 1 aromatic rings. The smallest absolute Gasteiger partial charge is 0.169 e. The zero-order valence-corrected chi connectivity index (χ0v) is 11.6. The molecule has 0 atom stereocenters. The van der Waals surface area contributed by atoms with Crippen molar-refractivity contribution in [2.75, 3.05) is 27.3 Å². The Bertz CT molecular complexity index is 373. The normalized spacial score (nSPS) is 10.1. The Hall–Kier alpha value is -0.840. The highest BCUT2D eigenvalue weighted by Crippen LogP contribution is 2.12. The lowest BCUT2D eigenvalue weighted by Crippen LogP contribution is -2.38. The molecule has 0 bridgehead atoms. The van der Waals surface area contributed by atoms with Crippen molar-refractivity contribution >= 4 is 28.9 Å². The van der Waals surface area contributed by atoms with Gasteiger partial charge in [0, 0.05) is 32.3 Å². The van der Waals surface area contributed by atoms with Crippen molar-refractivity contribution < 1.29 is 4.74 Å². The van der Waals surface area contributed by atoms with Crippen molar-refractivity contribution in [3.63, 3.8) is 0 Å². The van der Waals surface area contributed by atoms with Crippen LogP contribution in [-0.2, 0) is 11.3 Å². The molecule has 94 valence electrons. The summed E-state index contributed by atoms with van der Waals surface area (Å²) in [6, 6.07) is 7.77. The van der Waals surface area contributed by atoms with Gasteiger partial charge >= 0.3 is 0 Å². The molecule has 0 fully saturated rings. The van der Waals surface area contributed by atoms with Crippen LogP contribution in [0.3, 0.4) is 0 Å². The molecule has 0 spiro atoms. The zero-order chi connectivity index (χ0) is 12.7. The highest BCUT2D eigenvalue weighted by atomic mass is 35.5. The van der Waals surface area contributed by atoms with E-state index in [4.69, 9.17) is 28.6 Å². The van der Waals surface area contributed by atoms with Crippen molar-refractivity contribution in [2.45, 2.75) is 6.54 Å². The van der Waals surface area contributed by atoms with Crippen LogP contribution in [0.5, 0.6) is 0 Å². The van der Waals surface area contributed by atoms with E-state index in [1.54, 1.807) is 7.11 Å². The molecule has 0 saturated heterocycles. The summed E-state index contributed by atoms with van der Waals surface area (Å²) in [6.07, 6.45) is 0. The average molecular weight is 273 g/mol. The predicted molar refractivity (Wildman–Crippen MR) is 75.4 cm³/mol. The van der Waals surface area contributed by atoms with Gasteiger partial charge in [-0.05, 0) is 29.9 Å². The first kappa shape index (κ1) is 14.2. The molecule has 5 heteroatoms. The highest BCUT2D eigenvalue weighted by Gasteiger charge is 2.04. The monoisotopic (exact) mass is 272 g/mol. The Morgan fingerprint density at radius 2 is 2.29 bits per heavy atom. The number of methoxy groups -OCH3 is 1. The van der Waals surface area contributed by atoms with Crippen molar-refractivity contribution in [1.29, 1.82) is 0 Å². The number of rotatable bonds is 5. The predicted octanol–water partition coefficient (Wildman–Crippen LogP) is 2.29. The molecule has 0 radical (unpaired) electrons. The Morgan fingerprint density at radius 3 is 2.94 bits per heavy atom. The van der Waals surface area contributed by atoms with Crippen LogP contribution in [0.4, 0.5) is 0 Å². The summed E-state index contributed by atoms with van der Waals surface area (Å²) in [5.74, 6) is 0. The molecule has 0 aliphatic carbocycles. The number of nitrogens with zero attached hydrogens (tertiary/aromatic N) is 1. The lowest BCUT2D eigenvalue weighted by atomic mass is 10.2. The Balaban J connectivity index is 2.43. The van der Waals surface area contributed by atoms with E-state index in [1.807, 2.05) is 36.2 Å². The van der Waals surface area contributed by atoms with Gasteiger partial charge in [0.15, 0.2) is 5.11 Å². The van der Waals surface area contributed by atoms with Crippen LogP contribution in [0, 0.1) is 0 Å². The summed E-state index contributed by atoms with van der Waals surface area (Å²) in [7, 11) is 3.61. The first-order chi connectivity index (χ1) is 8.13. The first-order valence-electron chi connectivity index (χ1n) is 5.36. The summed E-state index contributed by atoms with van der Waals surface area (Å²) < 4.78 is 4.95. The molecule has 0 aliphatic rings. The van der Waals surface area contributed by atoms with Crippen LogP contribution in [0.1, 0.15) is 5.56 Å². The van der Waals surface area contributed by atoms with Gasteiger partial charge in [0.05, 0.1) is 6.61 Å². The molecular weight excluding hydrogens is 256 g/mol. The van der Waals surface area contributed by atoms with Crippen LogP contribution in [0.15, 0.2) is 24.3 Å². The fourth-order valence-corrected chi connectivity index (χ4v) is 1.76. The van der Waals surface area contributed by atoms with E-state index in [0.29, 0.717) is 11.7 Å². The molecule has 0 heterocycles. The SMILES string of the molecule is COCCNC(=S)N(C)Cc1cccc(Cl)c1. The topological polar surface area (TPSA) is 24.5 Å². The van der Waals surface area contributed by atoms with Gasteiger partial charge in [-0.1, -0.05) is 23.7 Å². The average Bonchev–Trinajstić information content (AvgIpc) is 2.29. The van der Waals surface area contributed by atoms with E-state index in [2.05, 4.69) is 5.32 Å². The lowest BCUT2D eigenvalue weighted by molar-refractivity contribution is 0.203. The van der Waals surface area contributed by atoms with Gasteiger partial charge in [-0.2, -0.15) is 0 Å². The van der Waals surface area contributed by atoms with Gasteiger partial charge < -0.3 is 15.0 Å². The van der Waals surface area contributed by atoms with Crippen LogP contribution < -0.4 is 5.32 Å². The molecule has 0 aromatic heterocycles. The summed E-state index contributed by atoms with van der Waals surface area (Å²) in [4.78, 5) is 1.97. The Morgan fingerprint density at radius 1 is 1.53 bits per heavy atom. The summed E-state index contributed by atoms with van der Waals surface area (Å²) in [6.45, 7) is 2.10. The minimum Gasteiger partial charge on any atom is -0.383 e. The molecule has 1 rings (SSSR count). The number of nitrogens with one attached hydrogen (secondary N) is 1. The number of hydrogen-bond donors (Lipinski definition) is 1. The van der Waals surface area contributed by atoms with Gasteiger partial charge in [0.25, 0.3) is 0 Å². The van der Waals surface area contributed by atoms with Gasteiger partial charge in [-0.3, -0.25) is 0 Å². The summed E-state index contributed by atoms with van der Waals surface area (Å²) in [5, 5.41) is 4.57. The van der Waals surface area contributed by atoms with E-state index < -0.39 is 0 Å². The minimum atomic E-state index is 0.644. The van der Waals surface area contributed by atoms with E-state index in [0.717, 1.165) is 23.7 Å². The van der Waals surface area contributed by atoms with Gasteiger partial charge in [0.1, 0.15) is 0 Å². The maximum Gasteiger partial charge on any atom is 0.169 e. The maximum atomic E-state index is 5.93. The fourth-order valence-electron chi connectivity index (χ4n) is 1.38. The van der Waals surface area contributed by atoms with E-state index in [9.17, 15) is 0 Å². The highest BCUT2D eigenvalue weighted by molar-refractivity contribution is 7.80. The second-order valence-electron chi connectivity index (χ2n) is 3.71. The largest absolute Gasteiger partial charge is 0.383 e. The first-order valence-corrected chi connectivity index (χ1v) is 6.14. The minimum absolute atomic E-state index is 0.644. The third kappa shape index (κ3) is 5.35. The third-order valence-corrected chi connectivity index (χ3v) is 2.93. The molecule has 1 aromatic carbocycles. The molecule has 3 nitrogen and oxygen atoms in total. The van der Waals surface area contributed by atoms with E-state index in [-0.39, 0.29) is 0 Å². The van der Waals surface area contributed by atoms with Crippen molar-refractivity contribution in [1.82, 2.24) is 10.2 Å². The summed E-state index contributed by atoms with van der Waals surface area (Å²) >= 11 is 11.2. The maximum absolute atomic E-state index is 5.93. The van der Waals surface area contributed by atoms with Gasteiger partial charge in [-0.15, -0.1) is 0 Å². The number of hydrogen-bond acceptors (Lipinski definition) is 2. The molecule has 0 amide bonds. The Labute approximate surface area is 113 Å². The third-order valence-electron chi connectivity index (χ3n) is 2.24. The van der Waals surface area contributed by atoms with Crippen LogP contribution in [0.25, 0.3) is 0 Å². The van der Waals surface area contributed by atoms with Crippen molar-refractivity contribution in [3.05, 3.63) is 34.9 Å². The lowest BCUT2D eigenvalue weighted by Gasteiger charge is -2.21. The van der Waals surface area contributed by atoms with Gasteiger partial charge in [0.2, 0.25) is 0 Å². The number of thiocarbonyl (C=S) groups is 1. The molecule has 1 N–H and O–H groups in total. The van der Waals surface area contributed by atoms with Crippen LogP contribution in [0.2, 0.25) is 5.02 Å². The standard InChI is InChI=1S/C12H17ClN2OS/c1-15(12(17)14-6-7-16-2)9-10-4-3-5-11(13)8-10/h3-5,8H,6-7,9H2,1-2H3,(H,14,17). The molecule has 0 saturated carbocycles.